The van der Waals surface area contributed by atoms with E-state index in [1.165, 1.54) is 6.21 Å². The molecule has 4 nitrogen and oxygen atoms in total. The fourth-order valence-electron chi connectivity index (χ4n) is 1.88. The summed E-state index contributed by atoms with van der Waals surface area (Å²) in [6, 6.07) is 12.2. The summed E-state index contributed by atoms with van der Waals surface area (Å²) in [5.74, 6) is 0.699. The van der Waals surface area contributed by atoms with Crippen molar-refractivity contribution in [3.05, 3.63) is 53.6 Å². The van der Waals surface area contributed by atoms with E-state index in [1.807, 2.05) is 6.92 Å². The molecule has 0 unspecified atom stereocenters. The first kappa shape index (κ1) is 14.8. The Morgan fingerprint density at radius 3 is 2.86 bits per heavy atom. The maximum atomic E-state index is 12.0. The molecule has 0 spiro atoms. The summed E-state index contributed by atoms with van der Waals surface area (Å²) in [5, 5.41) is 9.67. The second-order valence-electron chi connectivity index (χ2n) is 4.66. The van der Waals surface area contributed by atoms with Gasteiger partial charge in [-0.2, -0.15) is 0 Å². The molecule has 108 valence electrons. The van der Waals surface area contributed by atoms with Crippen LogP contribution in [0.2, 0.25) is 0 Å². The molecule has 4 heteroatoms. The van der Waals surface area contributed by atoms with E-state index < -0.39 is 0 Å². The molecule has 2 rings (SSSR count). The second-order valence-corrected chi connectivity index (χ2v) is 4.66. The van der Waals surface area contributed by atoms with Crippen molar-refractivity contribution in [2.24, 2.45) is 4.99 Å². The Balaban J connectivity index is 2.06. The van der Waals surface area contributed by atoms with Crippen molar-refractivity contribution >= 4 is 17.7 Å². The van der Waals surface area contributed by atoms with Crippen molar-refractivity contribution in [1.29, 1.82) is 0 Å². The van der Waals surface area contributed by atoms with Crippen LogP contribution >= 0.6 is 0 Å². The third-order valence-electron chi connectivity index (χ3n) is 3.03. The van der Waals surface area contributed by atoms with Crippen molar-refractivity contribution in [1.82, 2.24) is 0 Å². The molecule has 2 aromatic rings. The molecule has 0 saturated carbocycles. The lowest BCUT2D eigenvalue weighted by molar-refractivity contribution is 0.100. The molecule has 0 saturated heterocycles. The van der Waals surface area contributed by atoms with Gasteiger partial charge in [-0.1, -0.05) is 18.2 Å². The van der Waals surface area contributed by atoms with E-state index in [0.29, 0.717) is 17.0 Å². The van der Waals surface area contributed by atoms with E-state index in [1.54, 1.807) is 49.6 Å². The van der Waals surface area contributed by atoms with Crippen LogP contribution in [0.1, 0.15) is 22.3 Å². The third-order valence-corrected chi connectivity index (χ3v) is 3.03. The van der Waals surface area contributed by atoms with Gasteiger partial charge in [0, 0.05) is 18.2 Å². The molecular weight excluding hydrogens is 266 g/mol. The first-order valence-electron chi connectivity index (χ1n) is 6.59. The topological polar surface area (TPSA) is 58.9 Å². The monoisotopic (exact) mass is 283 g/mol. The number of aliphatic imine (C=N–C) groups is 1. The van der Waals surface area contributed by atoms with Crippen molar-refractivity contribution in [3.63, 3.8) is 0 Å². The average molecular weight is 283 g/mol. The summed E-state index contributed by atoms with van der Waals surface area (Å²) in [7, 11) is 1.56. The van der Waals surface area contributed by atoms with E-state index in [-0.39, 0.29) is 18.0 Å². The minimum atomic E-state index is -0.0511. The number of hydrogen-bond donors (Lipinski definition) is 1. The third kappa shape index (κ3) is 3.92. The van der Waals surface area contributed by atoms with Crippen LogP contribution in [-0.4, -0.2) is 24.2 Å². The summed E-state index contributed by atoms with van der Waals surface area (Å²) in [4.78, 5) is 16.2. The Kier molecular flexibility index (Phi) is 4.72. The first-order valence-corrected chi connectivity index (χ1v) is 6.59. The molecule has 0 atom stereocenters. The Bertz CT molecular complexity index is 677. The maximum Gasteiger partial charge on any atom is 0.168 e. The lowest BCUT2D eigenvalue weighted by Gasteiger charge is -2.02. The van der Waals surface area contributed by atoms with Gasteiger partial charge in [0.05, 0.1) is 7.11 Å². The maximum absolute atomic E-state index is 12.0. The van der Waals surface area contributed by atoms with Gasteiger partial charge in [0.25, 0.3) is 0 Å². The largest absolute Gasteiger partial charge is 0.506 e. The van der Waals surface area contributed by atoms with Crippen LogP contribution in [0.3, 0.4) is 0 Å². The number of benzene rings is 2. The number of Topliss-reactive ketones (excluding diaryl/α,β-unsaturated/α-hetero) is 1. The van der Waals surface area contributed by atoms with E-state index in [0.717, 1.165) is 5.56 Å². The zero-order chi connectivity index (χ0) is 15.2. The molecule has 0 aromatic heterocycles. The molecule has 0 heterocycles. The summed E-state index contributed by atoms with van der Waals surface area (Å²) in [5.41, 5.74) is 2.04. The minimum Gasteiger partial charge on any atom is -0.506 e. The van der Waals surface area contributed by atoms with E-state index >= 15 is 0 Å². The molecule has 0 radical (unpaired) electrons. The molecule has 1 N–H and O–H groups in total. The van der Waals surface area contributed by atoms with Crippen molar-refractivity contribution in [3.8, 4) is 11.5 Å². The van der Waals surface area contributed by atoms with Gasteiger partial charge in [-0.3, -0.25) is 9.79 Å². The number of phenols is 1. The number of methoxy groups -OCH3 is 1. The Hall–Kier alpha value is -2.62. The molecular formula is C17H17NO3. The highest BCUT2D eigenvalue weighted by atomic mass is 16.5. The zero-order valence-electron chi connectivity index (χ0n) is 12.0. The van der Waals surface area contributed by atoms with Crippen LogP contribution in [0.15, 0.2) is 47.5 Å². The number of hydrogen-bond acceptors (Lipinski definition) is 4. The summed E-state index contributed by atoms with van der Waals surface area (Å²) < 4.78 is 5.09. The first-order chi connectivity index (χ1) is 10.1. The zero-order valence-corrected chi connectivity index (χ0v) is 12.0. The molecule has 0 aliphatic rings. The van der Waals surface area contributed by atoms with Gasteiger partial charge in [0.15, 0.2) is 5.78 Å². The number of carbonyl (C=O) groups excluding carboxylic acids is 1. The Morgan fingerprint density at radius 1 is 1.29 bits per heavy atom. The van der Waals surface area contributed by atoms with E-state index in [4.69, 9.17) is 4.74 Å². The van der Waals surface area contributed by atoms with Gasteiger partial charge < -0.3 is 9.84 Å². The minimum absolute atomic E-state index is 0.0511. The molecule has 0 amide bonds. The van der Waals surface area contributed by atoms with Crippen LogP contribution in [0.5, 0.6) is 11.5 Å². The fourth-order valence-corrected chi connectivity index (χ4v) is 1.88. The van der Waals surface area contributed by atoms with Crippen LogP contribution in [0, 0.1) is 6.92 Å². The molecule has 0 bridgehead atoms. The number of phenolic OH excluding ortho intramolecular Hbond substituents is 1. The predicted molar refractivity (Wildman–Crippen MR) is 82.9 cm³/mol. The number of carbonyl (C=O) groups is 1. The van der Waals surface area contributed by atoms with Gasteiger partial charge in [-0.25, -0.2) is 0 Å². The second kappa shape index (κ2) is 6.70. The lowest BCUT2D eigenvalue weighted by Crippen LogP contribution is -1.99. The van der Waals surface area contributed by atoms with Crippen LogP contribution in [0.25, 0.3) is 0 Å². The van der Waals surface area contributed by atoms with E-state index in [9.17, 15) is 9.90 Å². The van der Waals surface area contributed by atoms with Gasteiger partial charge >= 0.3 is 0 Å². The molecule has 2 aromatic carbocycles. The summed E-state index contributed by atoms with van der Waals surface area (Å²) >= 11 is 0. The Labute approximate surface area is 123 Å². The predicted octanol–water partition coefficient (Wildman–Crippen LogP) is 3.68. The normalized spacial score (nSPS) is 10.8. The standard InChI is InChI=1S/C17H17NO3/c1-12-6-7-17(20)15(10-12)18-9-8-16(19)13-4-3-5-14(11-13)21-2/h3-7,9-11,20H,8H2,1-2H3. The molecule has 21 heavy (non-hydrogen) atoms. The fraction of sp³-hybridized carbons (Fsp3) is 0.176. The number of aryl methyl sites for hydroxylation is 1. The SMILES string of the molecule is COc1cccc(C(=O)CC=Nc2cc(C)ccc2O)c1. The highest BCUT2D eigenvalue weighted by molar-refractivity contribution is 6.04. The Morgan fingerprint density at radius 2 is 2.10 bits per heavy atom. The average Bonchev–Trinajstić information content (AvgIpc) is 2.50. The lowest BCUT2D eigenvalue weighted by atomic mass is 10.1. The highest BCUT2D eigenvalue weighted by Gasteiger charge is 2.05. The summed E-state index contributed by atoms with van der Waals surface area (Å²) in [6.45, 7) is 1.92. The number of nitrogens with zero attached hydrogens (tertiary/aromatic N) is 1. The smallest absolute Gasteiger partial charge is 0.168 e. The highest BCUT2D eigenvalue weighted by Crippen LogP contribution is 2.26. The van der Waals surface area contributed by atoms with Crippen molar-refractivity contribution < 1.29 is 14.6 Å². The molecule has 0 aliphatic heterocycles. The number of aromatic hydroxyl groups is 1. The van der Waals surface area contributed by atoms with Crippen LogP contribution < -0.4 is 4.74 Å². The van der Waals surface area contributed by atoms with Gasteiger partial charge in [0.1, 0.15) is 17.2 Å². The number of ketones is 1. The van der Waals surface area contributed by atoms with Gasteiger partial charge in [-0.05, 0) is 36.8 Å². The molecule has 0 fully saturated rings. The quantitative estimate of drug-likeness (QED) is 0.672. The molecule has 0 aliphatic carbocycles. The van der Waals surface area contributed by atoms with E-state index in [2.05, 4.69) is 4.99 Å². The number of ether oxygens (including phenoxy) is 1. The number of rotatable bonds is 5. The van der Waals surface area contributed by atoms with Gasteiger partial charge in [-0.15, -0.1) is 0 Å². The van der Waals surface area contributed by atoms with Crippen LogP contribution in [0.4, 0.5) is 5.69 Å². The van der Waals surface area contributed by atoms with Crippen molar-refractivity contribution in [2.45, 2.75) is 13.3 Å². The van der Waals surface area contributed by atoms with Gasteiger partial charge in [0.2, 0.25) is 0 Å². The van der Waals surface area contributed by atoms with Crippen molar-refractivity contribution in [2.75, 3.05) is 7.11 Å². The summed E-state index contributed by atoms with van der Waals surface area (Å²) in [6.07, 6.45) is 1.68. The van der Waals surface area contributed by atoms with Crippen LogP contribution in [-0.2, 0) is 0 Å².